The van der Waals surface area contributed by atoms with Crippen molar-refractivity contribution in [1.29, 1.82) is 0 Å². The van der Waals surface area contributed by atoms with Crippen LogP contribution in [-0.2, 0) is 0 Å². The zero-order chi connectivity index (χ0) is 28.6. The number of rotatable bonds is 5. The van der Waals surface area contributed by atoms with Crippen LogP contribution in [-0.4, -0.2) is 15.0 Å². The van der Waals surface area contributed by atoms with Gasteiger partial charge in [-0.1, -0.05) is 115 Å². The molecule has 2 aromatic heterocycles. The lowest BCUT2D eigenvalue weighted by molar-refractivity contribution is 0.742. The summed E-state index contributed by atoms with van der Waals surface area (Å²) in [6.45, 7) is 0. The molecule has 0 unspecified atom stereocenters. The molecule has 0 N–H and O–H groups in total. The van der Waals surface area contributed by atoms with E-state index < -0.39 is 0 Å². The first-order valence-electron chi connectivity index (χ1n) is 14.9. The lowest BCUT2D eigenvalue weighted by Crippen LogP contribution is -2.00. The molecule has 5 aromatic carbocycles. The largest absolute Gasteiger partial charge is 0.208 e. The van der Waals surface area contributed by atoms with Gasteiger partial charge in [-0.2, -0.15) is 0 Å². The molecule has 0 saturated carbocycles. The van der Waals surface area contributed by atoms with Crippen LogP contribution in [0.2, 0.25) is 0 Å². The van der Waals surface area contributed by atoms with E-state index in [9.17, 15) is 0 Å². The average Bonchev–Trinajstić information content (AvgIpc) is 3.48. The van der Waals surface area contributed by atoms with Gasteiger partial charge in [-0.05, 0) is 60.1 Å². The Morgan fingerprint density at radius 2 is 1.07 bits per heavy atom. The second kappa shape index (κ2) is 11.0. The van der Waals surface area contributed by atoms with Crippen LogP contribution in [0.3, 0.4) is 0 Å². The number of thiophene rings is 1. The van der Waals surface area contributed by atoms with E-state index in [2.05, 4.69) is 121 Å². The first kappa shape index (κ1) is 25.8. The SMILES string of the molecule is C1=C(c2ccc(-c3nc(-c4ccc(-c5ccccc5)cc4)nc(-c4cccc5c4sc4ccccc45)n3)cc2)CCCC1. The van der Waals surface area contributed by atoms with Crippen LogP contribution in [0.15, 0.2) is 127 Å². The number of hydrogen-bond acceptors (Lipinski definition) is 4. The highest BCUT2D eigenvalue weighted by molar-refractivity contribution is 7.26. The Morgan fingerprint density at radius 3 is 1.79 bits per heavy atom. The molecule has 4 heteroatoms. The maximum absolute atomic E-state index is 5.10. The number of nitrogens with zero attached hydrogens (tertiary/aromatic N) is 3. The van der Waals surface area contributed by atoms with Crippen molar-refractivity contribution in [3.8, 4) is 45.3 Å². The molecule has 0 radical (unpaired) electrons. The summed E-state index contributed by atoms with van der Waals surface area (Å²) in [4.78, 5) is 15.2. The van der Waals surface area contributed by atoms with E-state index in [1.54, 1.807) is 11.3 Å². The summed E-state index contributed by atoms with van der Waals surface area (Å²) in [6, 6.07) is 42.7. The van der Waals surface area contributed by atoms with E-state index in [1.165, 1.54) is 61.7 Å². The Morgan fingerprint density at radius 1 is 0.465 bits per heavy atom. The monoisotopic (exact) mass is 571 g/mol. The zero-order valence-electron chi connectivity index (χ0n) is 23.7. The van der Waals surface area contributed by atoms with Crippen molar-refractivity contribution >= 4 is 37.1 Å². The summed E-state index contributed by atoms with van der Waals surface area (Å²) >= 11 is 1.80. The van der Waals surface area contributed by atoms with Crippen molar-refractivity contribution in [2.24, 2.45) is 0 Å². The van der Waals surface area contributed by atoms with Gasteiger partial charge in [-0.25, -0.2) is 15.0 Å². The maximum Gasteiger partial charge on any atom is 0.165 e. The third kappa shape index (κ3) is 4.94. The fourth-order valence-corrected chi connectivity index (χ4v) is 7.27. The lowest BCUT2D eigenvalue weighted by Gasteiger charge is -2.13. The van der Waals surface area contributed by atoms with E-state index in [0.717, 1.165) is 23.1 Å². The molecule has 0 fully saturated rings. The molecule has 0 saturated heterocycles. The first-order chi connectivity index (χ1) is 21.3. The summed E-state index contributed by atoms with van der Waals surface area (Å²) < 4.78 is 2.47. The van der Waals surface area contributed by atoms with Gasteiger partial charge in [0.15, 0.2) is 17.5 Å². The average molecular weight is 572 g/mol. The van der Waals surface area contributed by atoms with Crippen LogP contribution >= 0.6 is 11.3 Å². The minimum absolute atomic E-state index is 0.678. The smallest absolute Gasteiger partial charge is 0.165 e. The number of hydrogen-bond donors (Lipinski definition) is 0. The van der Waals surface area contributed by atoms with Crippen molar-refractivity contribution in [2.75, 3.05) is 0 Å². The fraction of sp³-hybridized carbons (Fsp3) is 0.103. The van der Waals surface area contributed by atoms with Gasteiger partial charge in [0.05, 0.1) is 0 Å². The molecule has 0 spiro atoms. The van der Waals surface area contributed by atoms with Gasteiger partial charge in [0, 0.05) is 36.9 Å². The van der Waals surface area contributed by atoms with Gasteiger partial charge in [0.2, 0.25) is 0 Å². The van der Waals surface area contributed by atoms with Gasteiger partial charge in [0.25, 0.3) is 0 Å². The van der Waals surface area contributed by atoms with E-state index in [1.807, 2.05) is 6.07 Å². The summed E-state index contributed by atoms with van der Waals surface area (Å²) in [7, 11) is 0. The predicted octanol–water partition coefficient (Wildman–Crippen LogP) is 10.9. The molecule has 2 heterocycles. The van der Waals surface area contributed by atoms with Crippen molar-refractivity contribution in [3.05, 3.63) is 133 Å². The summed E-state index contributed by atoms with van der Waals surface area (Å²) in [5.41, 5.74) is 8.10. The molecule has 1 aliphatic rings. The Kier molecular flexibility index (Phi) is 6.62. The first-order valence-corrected chi connectivity index (χ1v) is 15.7. The van der Waals surface area contributed by atoms with Crippen LogP contribution in [0.4, 0.5) is 0 Å². The quantitative estimate of drug-likeness (QED) is 0.206. The molecule has 43 heavy (non-hydrogen) atoms. The lowest BCUT2D eigenvalue weighted by atomic mass is 9.93. The molecular formula is C39H29N3S. The minimum atomic E-state index is 0.678. The van der Waals surface area contributed by atoms with Gasteiger partial charge in [0.1, 0.15) is 0 Å². The molecule has 0 atom stereocenters. The Hall–Kier alpha value is -4.93. The van der Waals surface area contributed by atoms with E-state index in [4.69, 9.17) is 15.0 Å². The molecule has 3 nitrogen and oxygen atoms in total. The topological polar surface area (TPSA) is 38.7 Å². The minimum Gasteiger partial charge on any atom is -0.208 e. The predicted molar refractivity (Wildman–Crippen MR) is 181 cm³/mol. The second-order valence-corrected chi connectivity index (χ2v) is 12.1. The van der Waals surface area contributed by atoms with E-state index >= 15 is 0 Å². The maximum atomic E-state index is 5.10. The second-order valence-electron chi connectivity index (χ2n) is 11.1. The van der Waals surface area contributed by atoms with Crippen molar-refractivity contribution in [2.45, 2.75) is 25.7 Å². The van der Waals surface area contributed by atoms with Gasteiger partial charge in [-0.15, -0.1) is 11.3 Å². The van der Waals surface area contributed by atoms with Crippen molar-refractivity contribution < 1.29 is 0 Å². The van der Waals surface area contributed by atoms with Crippen molar-refractivity contribution in [3.63, 3.8) is 0 Å². The van der Waals surface area contributed by atoms with E-state index in [-0.39, 0.29) is 0 Å². The third-order valence-corrected chi connectivity index (χ3v) is 9.56. The van der Waals surface area contributed by atoms with Crippen LogP contribution in [0.5, 0.6) is 0 Å². The summed E-state index contributed by atoms with van der Waals surface area (Å²) in [5.74, 6) is 2.06. The molecule has 7 aromatic rings. The Balaban J connectivity index is 1.27. The molecule has 0 bridgehead atoms. The normalized spacial score (nSPS) is 13.3. The van der Waals surface area contributed by atoms with Gasteiger partial charge in [-0.3, -0.25) is 0 Å². The van der Waals surface area contributed by atoms with Gasteiger partial charge < -0.3 is 0 Å². The zero-order valence-corrected chi connectivity index (χ0v) is 24.5. The third-order valence-electron chi connectivity index (χ3n) is 8.34. The Bertz CT molecular complexity index is 2110. The van der Waals surface area contributed by atoms with Crippen LogP contribution in [0.25, 0.3) is 71.0 Å². The molecule has 8 rings (SSSR count). The fourth-order valence-electron chi connectivity index (χ4n) is 6.05. The molecular weight excluding hydrogens is 543 g/mol. The summed E-state index contributed by atoms with van der Waals surface area (Å²) in [5, 5.41) is 2.50. The Labute approximate surface area is 255 Å². The van der Waals surface area contributed by atoms with Crippen molar-refractivity contribution in [1.82, 2.24) is 15.0 Å². The summed E-state index contributed by atoms with van der Waals surface area (Å²) in [6.07, 6.45) is 7.26. The van der Waals surface area contributed by atoms with E-state index in [0.29, 0.717) is 17.5 Å². The van der Waals surface area contributed by atoms with Gasteiger partial charge >= 0.3 is 0 Å². The number of benzene rings is 5. The highest BCUT2D eigenvalue weighted by Crippen LogP contribution is 2.39. The number of aromatic nitrogens is 3. The molecule has 0 aliphatic heterocycles. The van der Waals surface area contributed by atoms with Crippen LogP contribution < -0.4 is 0 Å². The standard InChI is InChI=1S/C39H29N3S/c1-3-10-26(11-4-1)28-18-22-30(23-19-28)37-40-38(31-24-20-29(21-25-31)27-12-5-2-6-13-27)42-39(41-37)34-16-9-15-33-32-14-7-8-17-35(32)43-36(33)34/h1,3-4,7-12,14-25H,2,5-6,13H2. The number of fused-ring (bicyclic) bond motifs is 3. The molecule has 206 valence electrons. The number of allylic oxidation sites excluding steroid dienone is 2. The molecule has 1 aliphatic carbocycles. The highest BCUT2D eigenvalue weighted by Gasteiger charge is 2.17. The highest BCUT2D eigenvalue weighted by atomic mass is 32.1. The molecule has 0 amide bonds. The van der Waals surface area contributed by atoms with Crippen LogP contribution in [0, 0.1) is 0 Å². The van der Waals surface area contributed by atoms with Crippen LogP contribution in [0.1, 0.15) is 31.2 Å².